The number of carbonyl (C=O) groups excluding carboxylic acids is 1. The van der Waals surface area contributed by atoms with Gasteiger partial charge >= 0.3 is 0 Å². The highest BCUT2D eigenvalue weighted by Gasteiger charge is 2.27. The van der Waals surface area contributed by atoms with Gasteiger partial charge in [0.15, 0.2) is 0 Å². The fourth-order valence-electron chi connectivity index (χ4n) is 4.71. The van der Waals surface area contributed by atoms with Crippen molar-refractivity contribution in [2.24, 2.45) is 7.05 Å². The third-order valence-corrected chi connectivity index (χ3v) is 6.31. The summed E-state index contributed by atoms with van der Waals surface area (Å²) < 4.78 is 1.81. The van der Waals surface area contributed by atoms with Gasteiger partial charge in [-0.2, -0.15) is 5.10 Å². The summed E-state index contributed by atoms with van der Waals surface area (Å²) in [6.45, 7) is 2.81. The molecule has 1 N–H and O–H groups in total. The van der Waals surface area contributed by atoms with Crippen LogP contribution in [0.3, 0.4) is 0 Å². The van der Waals surface area contributed by atoms with Crippen LogP contribution in [0.1, 0.15) is 72.3 Å². The molecule has 1 atom stereocenters. The Morgan fingerprint density at radius 3 is 2.57 bits per heavy atom. The van der Waals surface area contributed by atoms with Crippen LogP contribution in [0.25, 0.3) is 0 Å². The number of amides is 1. The van der Waals surface area contributed by atoms with E-state index >= 15 is 0 Å². The van der Waals surface area contributed by atoms with Crippen molar-refractivity contribution in [3.8, 4) is 0 Å². The molecule has 2 aliphatic rings. The number of hydrogen-bond acceptors (Lipinski definition) is 3. The van der Waals surface area contributed by atoms with E-state index in [-0.39, 0.29) is 5.91 Å². The van der Waals surface area contributed by atoms with Gasteiger partial charge in [0.05, 0.1) is 6.20 Å². The van der Waals surface area contributed by atoms with Crippen molar-refractivity contribution in [2.75, 3.05) is 13.1 Å². The molecule has 4 rings (SSSR count). The maximum atomic E-state index is 13.4. The molecule has 5 nitrogen and oxygen atoms in total. The highest BCUT2D eigenvalue weighted by atomic mass is 16.2. The molecule has 1 amide bonds. The molecular weight excluding hydrogens is 348 g/mol. The van der Waals surface area contributed by atoms with E-state index in [1.807, 2.05) is 36.3 Å². The lowest BCUT2D eigenvalue weighted by Gasteiger charge is -2.34. The first-order chi connectivity index (χ1) is 13.7. The first kappa shape index (κ1) is 19.2. The molecule has 2 fully saturated rings. The molecule has 2 aromatic rings. The molecule has 1 saturated carbocycles. The lowest BCUT2D eigenvalue weighted by atomic mass is 9.90. The molecular formula is C23H32N4O. The van der Waals surface area contributed by atoms with Crippen LogP contribution >= 0.6 is 0 Å². The third kappa shape index (κ3) is 4.46. The third-order valence-electron chi connectivity index (χ3n) is 6.31. The fraction of sp³-hybridized carbons (Fsp3) is 0.565. The molecule has 1 saturated heterocycles. The zero-order valence-electron chi connectivity index (χ0n) is 16.9. The van der Waals surface area contributed by atoms with Gasteiger partial charge in [-0.15, -0.1) is 0 Å². The predicted octanol–water partition coefficient (Wildman–Crippen LogP) is 3.86. The highest BCUT2D eigenvalue weighted by Crippen LogP contribution is 2.27. The Labute approximate surface area is 168 Å². The van der Waals surface area contributed by atoms with Crippen LogP contribution < -0.4 is 5.32 Å². The van der Waals surface area contributed by atoms with Crippen molar-refractivity contribution in [2.45, 2.75) is 63.5 Å². The number of benzene rings is 1. The number of aryl methyl sites for hydroxylation is 1. The molecule has 5 heteroatoms. The van der Waals surface area contributed by atoms with Gasteiger partial charge < -0.3 is 10.2 Å². The minimum absolute atomic E-state index is 0.157. The van der Waals surface area contributed by atoms with Crippen LogP contribution in [-0.4, -0.2) is 39.7 Å². The Balaban J connectivity index is 1.51. The van der Waals surface area contributed by atoms with Crippen molar-refractivity contribution >= 4 is 5.91 Å². The molecule has 0 radical (unpaired) electrons. The first-order valence-corrected chi connectivity index (χ1v) is 10.8. The number of piperidine rings is 1. The SMILES string of the molecule is Cn1cc(CN(C(=O)c2ccc([C@@H]3CCCNC3)cc2)C2CCCCC2)cn1. The Morgan fingerprint density at radius 2 is 1.93 bits per heavy atom. The molecule has 1 aromatic heterocycles. The predicted molar refractivity (Wildman–Crippen MR) is 111 cm³/mol. The Bertz CT molecular complexity index is 770. The second-order valence-corrected chi connectivity index (χ2v) is 8.41. The van der Waals surface area contributed by atoms with Crippen molar-refractivity contribution < 1.29 is 4.79 Å². The standard InChI is InChI=1S/C23H32N4O/c1-26-16-18(14-25-26)17-27(22-7-3-2-4-8-22)23(28)20-11-9-19(10-12-20)21-6-5-13-24-15-21/h9-12,14,16,21-22,24H,2-8,13,15,17H2,1H3/t21-/m1/s1. The lowest BCUT2D eigenvalue weighted by Crippen LogP contribution is -2.41. The summed E-state index contributed by atoms with van der Waals surface area (Å²) in [6.07, 6.45) is 12.3. The molecule has 0 spiro atoms. The van der Waals surface area contributed by atoms with Gasteiger partial charge in [0.2, 0.25) is 0 Å². The number of nitrogens with one attached hydrogen (secondary N) is 1. The highest BCUT2D eigenvalue weighted by molar-refractivity contribution is 5.94. The van der Waals surface area contributed by atoms with Gasteiger partial charge in [-0.25, -0.2) is 0 Å². The maximum absolute atomic E-state index is 13.4. The Hall–Kier alpha value is -2.14. The van der Waals surface area contributed by atoms with Gasteiger partial charge in [0.1, 0.15) is 0 Å². The number of carbonyl (C=O) groups is 1. The van der Waals surface area contributed by atoms with E-state index in [9.17, 15) is 4.79 Å². The summed E-state index contributed by atoms with van der Waals surface area (Å²) in [5.41, 5.74) is 3.26. The second-order valence-electron chi connectivity index (χ2n) is 8.41. The summed E-state index contributed by atoms with van der Waals surface area (Å²) in [5.74, 6) is 0.729. The van der Waals surface area contributed by atoms with E-state index in [0.29, 0.717) is 18.5 Å². The van der Waals surface area contributed by atoms with E-state index < -0.39 is 0 Å². The number of nitrogens with zero attached hydrogens (tertiary/aromatic N) is 3. The largest absolute Gasteiger partial charge is 0.331 e. The molecule has 1 aliphatic heterocycles. The molecule has 1 aromatic carbocycles. The molecule has 1 aliphatic carbocycles. The zero-order chi connectivity index (χ0) is 19.3. The number of hydrogen-bond donors (Lipinski definition) is 1. The topological polar surface area (TPSA) is 50.2 Å². The second kappa shape index (κ2) is 8.91. The van der Waals surface area contributed by atoms with Crippen molar-refractivity contribution in [1.82, 2.24) is 20.0 Å². The molecule has 2 heterocycles. The van der Waals surface area contributed by atoms with Crippen molar-refractivity contribution in [3.05, 3.63) is 53.3 Å². The van der Waals surface area contributed by atoms with Crippen LogP contribution in [0.5, 0.6) is 0 Å². The van der Waals surface area contributed by atoms with Crippen LogP contribution in [0.15, 0.2) is 36.7 Å². The minimum Gasteiger partial charge on any atom is -0.331 e. The van der Waals surface area contributed by atoms with Crippen LogP contribution in [0, 0.1) is 0 Å². The van der Waals surface area contributed by atoms with E-state index in [1.165, 1.54) is 37.7 Å². The summed E-state index contributed by atoms with van der Waals surface area (Å²) in [4.78, 5) is 15.5. The van der Waals surface area contributed by atoms with Crippen molar-refractivity contribution in [1.29, 1.82) is 0 Å². The van der Waals surface area contributed by atoms with E-state index in [1.54, 1.807) is 0 Å². The normalized spacial score (nSPS) is 20.8. The van der Waals surface area contributed by atoms with Gasteiger partial charge in [0.25, 0.3) is 5.91 Å². The molecule has 150 valence electrons. The van der Waals surface area contributed by atoms with E-state index in [2.05, 4.69) is 27.4 Å². The summed E-state index contributed by atoms with van der Waals surface area (Å²) >= 11 is 0. The smallest absolute Gasteiger partial charge is 0.254 e. The summed E-state index contributed by atoms with van der Waals surface area (Å²) in [7, 11) is 1.93. The summed E-state index contributed by atoms with van der Waals surface area (Å²) in [6, 6.07) is 8.72. The summed E-state index contributed by atoms with van der Waals surface area (Å²) in [5, 5.41) is 7.76. The average molecular weight is 381 g/mol. The molecule has 0 unspecified atom stereocenters. The fourth-order valence-corrected chi connectivity index (χ4v) is 4.71. The van der Waals surface area contributed by atoms with E-state index in [0.717, 1.165) is 37.1 Å². The van der Waals surface area contributed by atoms with Gasteiger partial charge in [-0.05, 0) is 55.8 Å². The van der Waals surface area contributed by atoms with Crippen LogP contribution in [0.4, 0.5) is 0 Å². The van der Waals surface area contributed by atoms with Crippen LogP contribution in [-0.2, 0) is 13.6 Å². The lowest BCUT2D eigenvalue weighted by molar-refractivity contribution is 0.0614. The molecule has 0 bridgehead atoms. The monoisotopic (exact) mass is 380 g/mol. The maximum Gasteiger partial charge on any atom is 0.254 e. The number of rotatable bonds is 5. The van der Waals surface area contributed by atoms with Gasteiger partial charge in [-0.3, -0.25) is 9.48 Å². The number of aromatic nitrogens is 2. The minimum atomic E-state index is 0.157. The average Bonchev–Trinajstić information content (AvgIpc) is 3.18. The Morgan fingerprint density at radius 1 is 1.14 bits per heavy atom. The van der Waals surface area contributed by atoms with Gasteiger partial charge in [0, 0.05) is 43.5 Å². The van der Waals surface area contributed by atoms with E-state index in [4.69, 9.17) is 0 Å². The quantitative estimate of drug-likeness (QED) is 0.857. The molecule has 28 heavy (non-hydrogen) atoms. The van der Waals surface area contributed by atoms with Gasteiger partial charge in [-0.1, -0.05) is 31.4 Å². The zero-order valence-corrected chi connectivity index (χ0v) is 16.9. The van der Waals surface area contributed by atoms with Crippen molar-refractivity contribution in [3.63, 3.8) is 0 Å². The first-order valence-electron chi connectivity index (χ1n) is 10.8. The Kier molecular flexibility index (Phi) is 6.10. The van der Waals surface area contributed by atoms with Crippen LogP contribution in [0.2, 0.25) is 0 Å².